The predicted molar refractivity (Wildman–Crippen MR) is 75.2 cm³/mol. The molecule has 2 aromatic heterocycles. The van der Waals surface area contributed by atoms with E-state index in [9.17, 15) is 5.11 Å². The fourth-order valence-corrected chi connectivity index (χ4v) is 2.42. The molecule has 0 fully saturated rings. The highest BCUT2D eigenvalue weighted by Crippen LogP contribution is 2.27. The first-order valence-corrected chi connectivity index (χ1v) is 6.95. The summed E-state index contributed by atoms with van der Waals surface area (Å²) in [5, 5.41) is 13.6. The second-order valence-corrected chi connectivity index (χ2v) is 5.06. The second kappa shape index (κ2) is 5.75. The van der Waals surface area contributed by atoms with Gasteiger partial charge in [-0.2, -0.15) is 4.98 Å². The molecular weight excluding hydrogens is 274 g/mol. The van der Waals surface area contributed by atoms with Crippen molar-refractivity contribution < 1.29 is 9.63 Å². The summed E-state index contributed by atoms with van der Waals surface area (Å²) in [5.74, 6) is 1.52. The van der Waals surface area contributed by atoms with E-state index in [1.54, 1.807) is 24.0 Å². The third kappa shape index (κ3) is 2.80. The summed E-state index contributed by atoms with van der Waals surface area (Å²) in [5.41, 5.74) is 0.489. The molecule has 0 spiro atoms. The molecule has 2 heterocycles. The van der Waals surface area contributed by atoms with Gasteiger partial charge in [0.2, 0.25) is 0 Å². The standard InChI is InChI=1S/C14H11N3O2S/c18-12-8-15-7-6-11(12)14-16-13(17-19-14)9-20-10-4-2-1-3-5-10/h1-8,18H,9H2. The number of rotatable bonds is 4. The van der Waals surface area contributed by atoms with E-state index in [-0.39, 0.29) is 5.75 Å². The maximum absolute atomic E-state index is 9.69. The van der Waals surface area contributed by atoms with Crippen LogP contribution in [0.15, 0.2) is 58.2 Å². The summed E-state index contributed by atoms with van der Waals surface area (Å²) >= 11 is 1.63. The Morgan fingerprint density at radius 2 is 2.00 bits per heavy atom. The lowest BCUT2D eigenvalue weighted by Gasteiger charge is -1.97. The highest BCUT2D eigenvalue weighted by molar-refractivity contribution is 7.98. The van der Waals surface area contributed by atoms with Crippen molar-refractivity contribution in [2.75, 3.05) is 0 Å². The molecule has 0 aliphatic heterocycles. The fraction of sp³-hybridized carbons (Fsp3) is 0.0714. The minimum atomic E-state index is 0.0263. The van der Waals surface area contributed by atoms with Crippen molar-refractivity contribution >= 4 is 11.8 Å². The Morgan fingerprint density at radius 1 is 1.15 bits per heavy atom. The quantitative estimate of drug-likeness (QED) is 0.742. The molecule has 0 amide bonds. The molecule has 5 nitrogen and oxygen atoms in total. The molecule has 0 saturated carbocycles. The van der Waals surface area contributed by atoms with Crippen molar-refractivity contribution in [2.45, 2.75) is 10.6 Å². The van der Waals surface area contributed by atoms with Gasteiger partial charge in [-0.1, -0.05) is 23.4 Å². The Balaban J connectivity index is 1.73. The minimum Gasteiger partial charge on any atom is -0.505 e. The van der Waals surface area contributed by atoms with E-state index >= 15 is 0 Å². The van der Waals surface area contributed by atoms with Crippen molar-refractivity contribution in [3.8, 4) is 17.2 Å². The van der Waals surface area contributed by atoms with Crippen molar-refractivity contribution in [3.63, 3.8) is 0 Å². The zero-order valence-electron chi connectivity index (χ0n) is 10.4. The number of aromatic hydroxyl groups is 1. The van der Waals surface area contributed by atoms with Crippen LogP contribution >= 0.6 is 11.8 Å². The van der Waals surface area contributed by atoms with Crippen molar-refractivity contribution in [3.05, 3.63) is 54.6 Å². The van der Waals surface area contributed by atoms with Gasteiger partial charge in [0, 0.05) is 11.1 Å². The summed E-state index contributed by atoms with van der Waals surface area (Å²) in [6, 6.07) is 11.6. The van der Waals surface area contributed by atoms with Crippen molar-refractivity contribution in [2.24, 2.45) is 0 Å². The van der Waals surface area contributed by atoms with Gasteiger partial charge in [0.05, 0.1) is 17.5 Å². The number of pyridine rings is 1. The molecule has 0 aliphatic rings. The van der Waals surface area contributed by atoms with Crippen molar-refractivity contribution in [1.29, 1.82) is 0 Å². The molecule has 3 aromatic rings. The molecule has 100 valence electrons. The third-order valence-electron chi connectivity index (χ3n) is 2.61. The molecule has 0 atom stereocenters. The molecule has 0 bridgehead atoms. The first kappa shape index (κ1) is 12.7. The summed E-state index contributed by atoms with van der Waals surface area (Å²) < 4.78 is 5.16. The Morgan fingerprint density at radius 3 is 2.80 bits per heavy atom. The number of hydrogen-bond acceptors (Lipinski definition) is 6. The smallest absolute Gasteiger partial charge is 0.261 e. The normalized spacial score (nSPS) is 10.6. The molecular formula is C14H11N3O2S. The van der Waals surface area contributed by atoms with Crippen LogP contribution < -0.4 is 0 Å². The van der Waals surface area contributed by atoms with E-state index in [4.69, 9.17) is 4.52 Å². The zero-order chi connectivity index (χ0) is 13.8. The Bertz CT molecular complexity index is 700. The number of hydrogen-bond donors (Lipinski definition) is 1. The summed E-state index contributed by atoms with van der Waals surface area (Å²) in [6.45, 7) is 0. The van der Waals surface area contributed by atoms with Crippen LogP contribution in [-0.4, -0.2) is 20.2 Å². The average Bonchev–Trinajstić information content (AvgIpc) is 2.95. The largest absolute Gasteiger partial charge is 0.505 e. The summed E-state index contributed by atoms with van der Waals surface area (Å²) in [4.78, 5) is 9.22. The van der Waals surface area contributed by atoms with Crippen LogP contribution in [0.2, 0.25) is 0 Å². The highest BCUT2D eigenvalue weighted by Gasteiger charge is 2.12. The van der Waals surface area contributed by atoms with Crippen LogP contribution in [0, 0.1) is 0 Å². The van der Waals surface area contributed by atoms with Crippen LogP contribution in [0.4, 0.5) is 0 Å². The lowest BCUT2D eigenvalue weighted by atomic mass is 10.2. The van der Waals surface area contributed by atoms with E-state index in [1.165, 1.54) is 6.20 Å². The van der Waals surface area contributed by atoms with Gasteiger partial charge in [-0.25, -0.2) is 0 Å². The number of benzene rings is 1. The fourth-order valence-electron chi connectivity index (χ4n) is 1.65. The number of nitrogens with zero attached hydrogens (tertiary/aromatic N) is 3. The lowest BCUT2D eigenvalue weighted by molar-refractivity contribution is 0.419. The zero-order valence-corrected chi connectivity index (χ0v) is 11.2. The average molecular weight is 285 g/mol. The Labute approximate surface area is 119 Å². The van der Waals surface area contributed by atoms with E-state index in [0.29, 0.717) is 23.0 Å². The molecule has 0 radical (unpaired) electrons. The van der Waals surface area contributed by atoms with E-state index < -0.39 is 0 Å². The monoisotopic (exact) mass is 285 g/mol. The first-order chi connectivity index (χ1) is 9.83. The molecule has 20 heavy (non-hydrogen) atoms. The van der Waals surface area contributed by atoms with E-state index in [0.717, 1.165) is 4.90 Å². The van der Waals surface area contributed by atoms with Crippen LogP contribution in [0.1, 0.15) is 5.82 Å². The highest BCUT2D eigenvalue weighted by atomic mass is 32.2. The van der Waals surface area contributed by atoms with Gasteiger partial charge >= 0.3 is 0 Å². The molecule has 0 saturated heterocycles. The summed E-state index contributed by atoms with van der Waals surface area (Å²) in [6.07, 6.45) is 2.91. The van der Waals surface area contributed by atoms with Crippen LogP contribution in [0.25, 0.3) is 11.5 Å². The van der Waals surface area contributed by atoms with Gasteiger partial charge in [0.25, 0.3) is 5.89 Å². The topological polar surface area (TPSA) is 72.0 Å². The summed E-state index contributed by atoms with van der Waals surface area (Å²) in [7, 11) is 0. The van der Waals surface area contributed by atoms with Gasteiger partial charge in [-0.05, 0) is 18.2 Å². The Hall–Kier alpha value is -2.34. The van der Waals surface area contributed by atoms with Crippen LogP contribution in [-0.2, 0) is 5.75 Å². The maximum atomic E-state index is 9.69. The molecule has 1 aromatic carbocycles. The Kier molecular flexibility index (Phi) is 3.64. The minimum absolute atomic E-state index is 0.0263. The molecule has 0 unspecified atom stereocenters. The van der Waals surface area contributed by atoms with E-state index in [2.05, 4.69) is 15.1 Å². The van der Waals surface area contributed by atoms with Gasteiger partial charge in [-0.15, -0.1) is 11.8 Å². The number of aromatic nitrogens is 3. The van der Waals surface area contributed by atoms with Gasteiger partial charge in [-0.3, -0.25) is 4.98 Å². The molecule has 3 rings (SSSR count). The van der Waals surface area contributed by atoms with E-state index in [1.807, 2.05) is 30.3 Å². The second-order valence-electron chi connectivity index (χ2n) is 4.01. The molecule has 0 aliphatic carbocycles. The van der Waals surface area contributed by atoms with Gasteiger partial charge in [0.15, 0.2) is 5.82 Å². The third-order valence-corrected chi connectivity index (χ3v) is 3.62. The molecule has 1 N–H and O–H groups in total. The first-order valence-electron chi connectivity index (χ1n) is 5.97. The predicted octanol–water partition coefficient (Wildman–Crippen LogP) is 3.13. The van der Waals surface area contributed by atoms with Crippen LogP contribution in [0.5, 0.6) is 5.75 Å². The lowest BCUT2D eigenvalue weighted by Crippen LogP contribution is -1.85. The molecule has 6 heteroatoms. The van der Waals surface area contributed by atoms with Gasteiger partial charge in [0.1, 0.15) is 5.75 Å². The van der Waals surface area contributed by atoms with Crippen molar-refractivity contribution in [1.82, 2.24) is 15.1 Å². The maximum Gasteiger partial charge on any atom is 0.261 e. The number of thioether (sulfide) groups is 1. The van der Waals surface area contributed by atoms with Gasteiger partial charge < -0.3 is 9.63 Å². The van der Waals surface area contributed by atoms with Crippen LogP contribution in [0.3, 0.4) is 0 Å². The SMILES string of the molecule is Oc1cnccc1-c1nc(CSc2ccccc2)no1.